The summed E-state index contributed by atoms with van der Waals surface area (Å²) in [4.78, 5) is 33.3. The normalized spacial score (nSPS) is 12.9. The lowest BCUT2D eigenvalue weighted by Gasteiger charge is -2.19. The largest absolute Gasteiger partial charge is 0.383 e. The average molecular weight is 369 g/mol. The number of nitrogens with zero attached hydrogens (tertiary/aromatic N) is 2. The van der Waals surface area contributed by atoms with Crippen LogP contribution < -0.4 is 11.4 Å². The van der Waals surface area contributed by atoms with Gasteiger partial charge in [0, 0.05) is 6.20 Å². The topological polar surface area (TPSA) is 137 Å². The predicted octanol–water partition coefficient (Wildman–Crippen LogP) is 0.563. The van der Waals surface area contributed by atoms with Crippen molar-refractivity contribution in [1.82, 2.24) is 9.55 Å². The number of aromatic nitrogens is 2. The van der Waals surface area contributed by atoms with E-state index in [0.29, 0.717) is 6.61 Å². The molecule has 0 aliphatic rings. The fraction of sp³-hybridized carbons (Fsp3) is 0.333. The van der Waals surface area contributed by atoms with Crippen LogP contribution in [0.5, 0.6) is 0 Å². The zero-order valence-electron chi connectivity index (χ0n) is 13.4. The maximum absolute atomic E-state index is 11.8. The first-order chi connectivity index (χ1) is 11.8. The number of nitrogen functional groups attached to an aromatic ring is 1. The first-order valence-electron chi connectivity index (χ1n) is 7.44. The van der Waals surface area contributed by atoms with E-state index >= 15 is 0 Å². The second-order valence-corrected chi connectivity index (χ2v) is 6.96. The zero-order valence-corrected chi connectivity index (χ0v) is 14.3. The summed E-state index contributed by atoms with van der Waals surface area (Å²) in [7, 11) is -4.33. The number of hydrogen-bond acceptors (Lipinski definition) is 6. The van der Waals surface area contributed by atoms with Crippen LogP contribution in [0.25, 0.3) is 0 Å². The number of ether oxygens (including phenoxy) is 2. The van der Waals surface area contributed by atoms with Crippen LogP contribution in [0, 0.1) is 0 Å². The van der Waals surface area contributed by atoms with Crippen LogP contribution in [0.3, 0.4) is 0 Å². The van der Waals surface area contributed by atoms with Gasteiger partial charge in [-0.1, -0.05) is 30.3 Å². The van der Waals surface area contributed by atoms with Crippen LogP contribution >= 0.6 is 7.60 Å². The number of benzene rings is 1. The molecular formula is C15H20N3O6P. The number of hydrogen-bond donors (Lipinski definition) is 3. The van der Waals surface area contributed by atoms with E-state index in [9.17, 15) is 9.36 Å². The van der Waals surface area contributed by atoms with Crippen LogP contribution in [0.1, 0.15) is 5.56 Å². The van der Waals surface area contributed by atoms with Crippen molar-refractivity contribution in [2.24, 2.45) is 0 Å². The molecule has 0 amide bonds. The molecule has 1 atom stereocenters. The van der Waals surface area contributed by atoms with Crippen LogP contribution in [-0.2, 0) is 27.2 Å². The molecule has 0 saturated heterocycles. The minimum absolute atomic E-state index is 0.0287. The summed E-state index contributed by atoms with van der Waals surface area (Å²) in [5, 5.41) is 0. The fourth-order valence-electron chi connectivity index (χ4n) is 2.04. The number of rotatable bonds is 9. The highest BCUT2D eigenvalue weighted by Gasteiger charge is 2.19. The molecule has 0 aliphatic carbocycles. The third kappa shape index (κ3) is 7.16. The smallest absolute Gasteiger partial charge is 0.350 e. The minimum Gasteiger partial charge on any atom is -0.383 e. The molecule has 25 heavy (non-hydrogen) atoms. The first-order valence-corrected chi connectivity index (χ1v) is 9.24. The molecule has 136 valence electrons. The van der Waals surface area contributed by atoms with E-state index in [2.05, 4.69) is 4.98 Å². The Morgan fingerprint density at radius 2 is 1.96 bits per heavy atom. The average Bonchev–Trinajstić information content (AvgIpc) is 2.55. The highest BCUT2D eigenvalue weighted by Crippen LogP contribution is 2.34. The summed E-state index contributed by atoms with van der Waals surface area (Å²) >= 11 is 0. The summed E-state index contributed by atoms with van der Waals surface area (Å²) < 4.78 is 23.0. The summed E-state index contributed by atoms with van der Waals surface area (Å²) in [5.41, 5.74) is 5.81. The van der Waals surface area contributed by atoms with Gasteiger partial charge in [0.25, 0.3) is 0 Å². The zero-order chi connectivity index (χ0) is 18.3. The second kappa shape index (κ2) is 8.89. The van der Waals surface area contributed by atoms with Crippen LogP contribution in [0.4, 0.5) is 5.82 Å². The summed E-state index contributed by atoms with van der Waals surface area (Å²) in [6, 6.07) is 10.9. The van der Waals surface area contributed by atoms with Gasteiger partial charge < -0.3 is 25.0 Å². The van der Waals surface area contributed by atoms with Crippen molar-refractivity contribution in [3.05, 3.63) is 58.6 Å². The van der Waals surface area contributed by atoms with Crippen molar-refractivity contribution in [2.75, 3.05) is 18.7 Å². The molecule has 0 radical (unpaired) electrons. The van der Waals surface area contributed by atoms with Crippen molar-refractivity contribution in [3.63, 3.8) is 0 Å². The molecule has 0 aliphatic heterocycles. The molecule has 2 rings (SSSR count). The molecule has 10 heteroatoms. The quantitative estimate of drug-likeness (QED) is 0.546. The molecular weight excluding hydrogens is 349 g/mol. The maximum atomic E-state index is 11.8. The van der Waals surface area contributed by atoms with E-state index in [1.54, 1.807) is 0 Å². The van der Waals surface area contributed by atoms with E-state index in [4.69, 9.17) is 25.0 Å². The van der Waals surface area contributed by atoms with Crippen molar-refractivity contribution in [2.45, 2.75) is 19.3 Å². The fourth-order valence-corrected chi connectivity index (χ4v) is 2.44. The lowest BCUT2D eigenvalue weighted by atomic mass is 10.2. The number of nitrogens with two attached hydrogens (primary N) is 1. The Hall–Kier alpha value is -2.03. The standard InChI is InChI=1S/C15H20N3O6P/c16-14-6-7-18(15(19)17-14)8-13(24-11-25(20,21)22)10-23-9-12-4-2-1-3-5-12/h1-7,13H,8-11H2,(H2,16,17,19)(H2,20,21,22)/t13-/m0/s1. The molecule has 2 aromatic rings. The van der Waals surface area contributed by atoms with E-state index in [1.165, 1.54) is 16.8 Å². The van der Waals surface area contributed by atoms with Crippen LogP contribution in [0.15, 0.2) is 47.4 Å². The Labute approximate surface area is 144 Å². The lowest BCUT2D eigenvalue weighted by Crippen LogP contribution is -2.32. The summed E-state index contributed by atoms with van der Waals surface area (Å²) in [6.07, 6.45) is -0.0568. The molecule has 4 N–H and O–H groups in total. The van der Waals surface area contributed by atoms with Gasteiger partial charge in [0.15, 0.2) is 0 Å². The van der Waals surface area contributed by atoms with Crippen molar-refractivity contribution in [3.8, 4) is 0 Å². The monoisotopic (exact) mass is 369 g/mol. The molecule has 1 aromatic heterocycles. The highest BCUT2D eigenvalue weighted by molar-refractivity contribution is 7.51. The van der Waals surface area contributed by atoms with Gasteiger partial charge in [-0.05, 0) is 11.6 Å². The predicted molar refractivity (Wildman–Crippen MR) is 90.8 cm³/mol. The van der Waals surface area contributed by atoms with Gasteiger partial charge in [-0.2, -0.15) is 4.98 Å². The number of anilines is 1. The van der Waals surface area contributed by atoms with Gasteiger partial charge in [-0.3, -0.25) is 9.13 Å². The minimum atomic E-state index is -4.33. The molecule has 0 fully saturated rings. The van der Waals surface area contributed by atoms with E-state index < -0.39 is 25.7 Å². The Balaban J connectivity index is 1.99. The Bertz CT molecular complexity index is 776. The molecule has 1 aromatic carbocycles. The first kappa shape index (κ1) is 19.3. The maximum Gasteiger partial charge on any atom is 0.350 e. The van der Waals surface area contributed by atoms with Crippen molar-refractivity contribution < 1.29 is 23.8 Å². The van der Waals surface area contributed by atoms with E-state index in [-0.39, 0.29) is 19.0 Å². The summed E-state index contributed by atoms with van der Waals surface area (Å²) in [5.74, 6) is 0.0919. The van der Waals surface area contributed by atoms with Gasteiger partial charge in [0.05, 0.1) is 25.9 Å². The molecule has 1 heterocycles. The Kier molecular flexibility index (Phi) is 6.86. The van der Waals surface area contributed by atoms with Crippen molar-refractivity contribution in [1.29, 1.82) is 0 Å². The highest BCUT2D eigenvalue weighted by atomic mass is 31.2. The molecule has 0 unspecified atom stereocenters. The second-order valence-electron chi connectivity index (χ2n) is 5.37. The lowest BCUT2D eigenvalue weighted by molar-refractivity contribution is -0.0180. The Morgan fingerprint density at radius 1 is 1.24 bits per heavy atom. The summed E-state index contributed by atoms with van der Waals surface area (Å²) in [6.45, 7) is 0.387. The molecule has 9 nitrogen and oxygen atoms in total. The third-order valence-corrected chi connectivity index (χ3v) is 3.68. The third-order valence-electron chi connectivity index (χ3n) is 3.19. The molecule has 0 saturated carbocycles. The van der Waals surface area contributed by atoms with Gasteiger partial charge in [0.2, 0.25) is 0 Å². The van der Waals surface area contributed by atoms with E-state index in [1.807, 2.05) is 30.3 Å². The van der Waals surface area contributed by atoms with Crippen molar-refractivity contribution >= 4 is 13.4 Å². The SMILES string of the molecule is Nc1ccn(C[C@@H](COCc2ccccc2)OCP(=O)(O)O)c(=O)n1. The van der Waals surface area contributed by atoms with Crippen LogP contribution in [0.2, 0.25) is 0 Å². The Morgan fingerprint density at radius 3 is 2.60 bits per heavy atom. The van der Waals surface area contributed by atoms with Gasteiger partial charge in [0.1, 0.15) is 12.2 Å². The molecule has 0 spiro atoms. The van der Waals surface area contributed by atoms with Gasteiger partial charge in [-0.25, -0.2) is 4.79 Å². The van der Waals surface area contributed by atoms with Gasteiger partial charge >= 0.3 is 13.3 Å². The van der Waals surface area contributed by atoms with Crippen LogP contribution in [-0.4, -0.2) is 38.4 Å². The van der Waals surface area contributed by atoms with E-state index in [0.717, 1.165) is 5.56 Å². The van der Waals surface area contributed by atoms with Gasteiger partial charge in [-0.15, -0.1) is 0 Å². The molecule has 0 bridgehead atoms.